The Hall–Kier alpha value is -4.00. The number of ether oxygens (including phenoxy) is 2. The molecule has 0 aliphatic rings. The second-order valence-corrected chi connectivity index (χ2v) is 6.47. The van der Waals surface area contributed by atoms with E-state index in [9.17, 15) is 18.4 Å². The molecule has 158 valence electrons. The van der Waals surface area contributed by atoms with Gasteiger partial charge in [0.05, 0.1) is 0 Å². The zero-order chi connectivity index (χ0) is 22.2. The van der Waals surface area contributed by atoms with Crippen molar-refractivity contribution in [2.24, 2.45) is 0 Å². The third-order valence-corrected chi connectivity index (χ3v) is 4.25. The zero-order valence-electron chi connectivity index (χ0n) is 16.3. The number of aliphatic carboxylic acids is 1. The molecule has 0 saturated carbocycles. The lowest BCUT2D eigenvalue weighted by molar-refractivity contribution is -0.131. The molecule has 0 unspecified atom stereocenters. The molecule has 0 radical (unpaired) electrons. The maximum atomic E-state index is 14.6. The van der Waals surface area contributed by atoms with E-state index < -0.39 is 29.1 Å². The standard InChI is InChI=1S/C24H18F2O5/c25-19-13-18(11-12-20(27)28)23(30-14-16-7-3-1-4-8-16)21(22(19)26)24(29)31-15-17-9-5-2-6-10-17/h1-13H,14-15H2,(H,27,28)/b12-11+. The van der Waals surface area contributed by atoms with Crippen molar-refractivity contribution in [3.05, 3.63) is 107 Å². The van der Waals surface area contributed by atoms with E-state index in [1.165, 1.54) is 0 Å². The summed E-state index contributed by atoms with van der Waals surface area (Å²) >= 11 is 0. The number of hydrogen-bond acceptors (Lipinski definition) is 4. The van der Waals surface area contributed by atoms with E-state index in [-0.39, 0.29) is 24.5 Å². The number of benzene rings is 3. The van der Waals surface area contributed by atoms with Crippen molar-refractivity contribution >= 4 is 18.0 Å². The molecule has 0 saturated heterocycles. The minimum atomic E-state index is -1.44. The lowest BCUT2D eigenvalue weighted by Gasteiger charge is -2.15. The number of esters is 1. The molecule has 0 atom stereocenters. The first-order chi connectivity index (χ1) is 15.0. The van der Waals surface area contributed by atoms with E-state index in [0.717, 1.165) is 18.2 Å². The Balaban J connectivity index is 1.97. The second-order valence-electron chi connectivity index (χ2n) is 6.47. The van der Waals surface area contributed by atoms with Gasteiger partial charge in [0, 0.05) is 11.6 Å². The summed E-state index contributed by atoms with van der Waals surface area (Å²) in [5.74, 6) is -5.50. The van der Waals surface area contributed by atoms with Crippen molar-refractivity contribution in [2.45, 2.75) is 13.2 Å². The number of carboxylic acid groups (broad SMARTS) is 1. The zero-order valence-corrected chi connectivity index (χ0v) is 16.3. The van der Waals surface area contributed by atoms with Crippen LogP contribution in [0.15, 0.2) is 72.8 Å². The van der Waals surface area contributed by atoms with E-state index >= 15 is 0 Å². The number of hydrogen-bond donors (Lipinski definition) is 1. The van der Waals surface area contributed by atoms with Crippen molar-refractivity contribution in [3.8, 4) is 5.75 Å². The number of carbonyl (C=O) groups is 2. The molecule has 3 aromatic rings. The Bertz CT molecular complexity index is 1100. The summed E-state index contributed by atoms with van der Waals surface area (Å²) in [5.41, 5.74) is 0.523. The van der Waals surface area contributed by atoms with Crippen molar-refractivity contribution in [3.63, 3.8) is 0 Å². The van der Waals surface area contributed by atoms with E-state index in [1.54, 1.807) is 60.7 Å². The Morgan fingerprint density at radius 1 is 0.903 bits per heavy atom. The van der Waals surface area contributed by atoms with Gasteiger partial charge in [0.2, 0.25) is 0 Å². The van der Waals surface area contributed by atoms with Crippen LogP contribution < -0.4 is 4.74 Å². The van der Waals surface area contributed by atoms with Gasteiger partial charge in [-0.1, -0.05) is 60.7 Å². The molecule has 7 heteroatoms. The summed E-state index contributed by atoms with van der Waals surface area (Å²) in [4.78, 5) is 23.6. The molecule has 1 N–H and O–H groups in total. The van der Waals surface area contributed by atoms with Crippen molar-refractivity contribution in [1.29, 1.82) is 0 Å². The van der Waals surface area contributed by atoms with Gasteiger partial charge in [-0.15, -0.1) is 0 Å². The Labute approximate surface area is 177 Å². The van der Waals surface area contributed by atoms with E-state index in [2.05, 4.69) is 0 Å². The summed E-state index contributed by atoms with van der Waals surface area (Å²) in [6.07, 6.45) is 1.76. The predicted octanol–water partition coefficient (Wildman–Crippen LogP) is 5.00. The van der Waals surface area contributed by atoms with Gasteiger partial charge in [0.25, 0.3) is 0 Å². The van der Waals surface area contributed by atoms with Crippen molar-refractivity contribution in [1.82, 2.24) is 0 Å². The Morgan fingerprint density at radius 2 is 1.48 bits per heavy atom. The van der Waals surface area contributed by atoms with Crippen LogP contribution in [0.4, 0.5) is 8.78 Å². The smallest absolute Gasteiger partial charge is 0.345 e. The van der Waals surface area contributed by atoms with Crippen LogP contribution in [-0.4, -0.2) is 17.0 Å². The molecule has 0 fully saturated rings. The van der Waals surface area contributed by atoms with Crippen LogP contribution in [0.25, 0.3) is 6.08 Å². The first-order valence-electron chi connectivity index (χ1n) is 9.26. The van der Waals surface area contributed by atoms with Gasteiger partial charge in [0.1, 0.15) is 24.5 Å². The summed E-state index contributed by atoms with van der Waals surface area (Å²) in [5, 5.41) is 8.90. The SMILES string of the molecule is O=C(O)/C=C/c1cc(F)c(F)c(C(=O)OCc2ccccc2)c1OCc1ccccc1. The average molecular weight is 424 g/mol. The molecule has 5 nitrogen and oxygen atoms in total. The van der Waals surface area contributed by atoms with Gasteiger partial charge in [-0.05, 0) is 23.3 Å². The molecule has 0 bridgehead atoms. The normalized spacial score (nSPS) is 10.8. The van der Waals surface area contributed by atoms with E-state index in [1.807, 2.05) is 0 Å². The van der Waals surface area contributed by atoms with Crippen LogP contribution in [0.3, 0.4) is 0 Å². The summed E-state index contributed by atoms with van der Waals surface area (Å²) in [6.45, 7) is -0.215. The summed E-state index contributed by atoms with van der Waals surface area (Å²) in [6, 6.07) is 18.3. The average Bonchev–Trinajstić information content (AvgIpc) is 2.78. The Kier molecular flexibility index (Phi) is 7.11. The van der Waals surface area contributed by atoms with Crippen molar-refractivity contribution < 1.29 is 33.0 Å². The van der Waals surface area contributed by atoms with Crippen LogP contribution in [0.5, 0.6) is 5.75 Å². The monoisotopic (exact) mass is 424 g/mol. The molecule has 0 aromatic heterocycles. The van der Waals surface area contributed by atoms with Gasteiger partial charge in [0.15, 0.2) is 11.6 Å². The first kappa shape index (κ1) is 21.7. The highest BCUT2D eigenvalue weighted by Crippen LogP contribution is 2.32. The highest BCUT2D eigenvalue weighted by Gasteiger charge is 2.26. The topological polar surface area (TPSA) is 72.8 Å². The van der Waals surface area contributed by atoms with Crippen LogP contribution in [0, 0.1) is 11.6 Å². The lowest BCUT2D eigenvalue weighted by Crippen LogP contribution is -2.13. The fraction of sp³-hybridized carbons (Fsp3) is 0.0833. The number of carbonyl (C=O) groups excluding carboxylic acids is 1. The second kappa shape index (κ2) is 10.2. The van der Waals surface area contributed by atoms with Crippen molar-refractivity contribution in [2.75, 3.05) is 0 Å². The van der Waals surface area contributed by atoms with Gasteiger partial charge in [-0.3, -0.25) is 0 Å². The predicted molar refractivity (Wildman–Crippen MR) is 109 cm³/mol. The minimum absolute atomic E-state index is 0.0568. The van der Waals surface area contributed by atoms with Gasteiger partial charge >= 0.3 is 11.9 Å². The summed E-state index contributed by atoms with van der Waals surface area (Å²) in [7, 11) is 0. The highest BCUT2D eigenvalue weighted by atomic mass is 19.2. The lowest BCUT2D eigenvalue weighted by atomic mass is 10.1. The van der Waals surface area contributed by atoms with Crippen LogP contribution in [-0.2, 0) is 22.7 Å². The quantitative estimate of drug-likeness (QED) is 0.407. The van der Waals surface area contributed by atoms with Gasteiger partial charge < -0.3 is 14.6 Å². The van der Waals surface area contributed by atoms with Gasteiger partial charge in [-0.2, -0.15) is 0 Å². The molecular formula is C24H18F2O5. The Morgan fingerprint density at radius 3 is 2.06 bits per heavy atom. The third kappa shape index (κ3) is 5.76. The maximum absolute atomic E-state index is 14.6. The first-order valence-corrected chi connectivity index (χ1v) is 9.26. The van der Waals surface area contributed by atoms with Crippen LogP contribution in [0.1, 0.15) is 27.0 Å². The van der Waals surface area contributed by atoms with E-state index in [0.29, 0.717) is 11.1 Å². The minimum Gasteiger partial charge on any atom is -0.487 e. The van der Waals surface area contributed by atoms with Crippen LogP contribution >= 0.6 is 0 Å². The fourth-order valence-electron chi connectivity index (χ4n) is 2.78. The molecular weight excluding hydrogens is 406 g/mol. The van der Waals surface area contributed by atoms with Gasteiger partial charge in [-0.25, -0.2) is 18.4 Å². The third-order valence-electron chi connectivity index (χ3n) is 4.25. The molecule has 0 amide bonds. The largest absolute Gasteiger partial charge is 0.487 e. The molecule has 3 rings (SSSR count). The fourth-order valence-corrected chi connectivity index (χ4v) is 2.78. The molecule has 0 spiro atoms. The summed E-state index contributed by atoms with van der Waals surface area (Å²) < 4.78 is 39.7. The maximum Gasteiger partial charge on any atom is 0.345 e. The highest BCUT2D eigenvalue weighted by molar-refractivity contribution is 5.95. The molecule has 0 aliphatic carbocycles. The molecule has 31 heavy (non-hydrogen) atoms. The van der Waals surface area contributed by atoms with E-state index in [4.69, 9.17) is 14.6 Å². The number of carboxylic acids is 1. The van der Waals surface area contributed by atoms with Crippen LogP contribution in [0.2, 0.25) is 0 Å². The molecule has 3 aromatic carbocycles. The molecule has 0 aliphatic heterocycles. The number of rotatable bonds is 8. The molecule has 0 heterocycles. The number of halogens is 2.